The summed E-state index contributed by atoms with van der Waals surface area (Å²) in [7, 11) is -3.76. The van der Waals surface area contributed by atoms with Gasteiger partial charge in [0, 0.05) is 44.4 Å². The quantitative estimate of drug-likeness (QED) is 0.552. The number of anilines is 1. The maximum atomic E-state index is 13.1. The second kappa shape index (κ2) is 9.18. The van der Waals surface area contributed by atoms with Crippen molar-refractivity contribution in [1.82, 2.24) is 14.2 Å². The third-order valence-corrected chi connectivity index (χ3v) is 9.12. The number of fused-ring (bicyclic) bond motifs is 1. The molecule has 0 unspecified atom stereocenters. The number of rotatable bonds is 5. The number of carbonyl (C=O) groups excluding carboxylic acids is 2. The third-order valence-electron chi connectivity index (χ3n) is 5.22. The fourth-order valence-electron chi connectivity index (χ4n) is 3.46. The average Bonchev–Trinajstić information content (AvgIpc) is 3.22. The predicted molar refractivity (Wildman–Crippen MR) is 127 cm³/mol. The Bertz CT molecular complexity index is 1280. The van der Waals surface area contributed by atoms with Crippen LogP contribution < -0.4 is 5.32 Å². The van der Waals surface area contributed by atoms with Gasteiger partial charge in [-0.05, 0) is 42.7 Å². The first-order valence-electron chi connectivity index (χ1n) is 9.89. The van der Waals surface area contributed by atoms with E-state index in [4.69, 9.17) is 0 Å². The molecule has 11 heteroatoms. The van der Waals surface area contributed by atoms with Crippen molar-refractivity contribution in [2.24, 2.45) is 0 Å². The van der Waals surface area contributed by atoms with Gasteiger partial charge < -0.3 is 10.2 Å². The molecular formula is C21H22N4O4S3. The standard InChI is InChI=1S/C21H22N4O4S3/c1-14(26)24-8-10-25(11-9-24)32(28,29)17-5-3-4-15(12-17)20(27)22-16-6-7-18-19(13-16)31-21(23-18)30-2/h3-7,12-13H,8-11H2,1-2H3,(H,22,27). The number of piperazine rings is 1. The van der Waals surface area contributed by atoms with E-state index in [1.165, 1.54) is 23.4 Å². The Balaban J connectivity index is 1.51. The van der Waals surface area contributed by atoms with Crippen molar-refractivity contribution >= 4 is 60.8 Å². The smallest absolute Gasteiger partial charge is 0.255 e. The topological polar surface area (TPSA) is 99.7 Å². The molecule has 0 radical (unpaired) electrons. The number of nitrogens with one attached hydrogen (secondary N) is 1. The molecule has 0 spiro atoms. The minimum Gasteiger partial charge on any atom is -0.340 e. The van der Waals surface area contributed by atoms with Crippen LogP contribution in [0.25, 0.3) is 10.2 Å². The Kier molecular flexibility index (Phi) is 6.52. The zero-order chi connectivity index (χ0) is 22.9. The second-order valence-electron chi connectivity index (χ2n) is 7.26. The molecule has 3 aromatic rings. The van der Waals surface area contributed by atoms with Crippen LogP contribution >= 0.6 is 23.1 Å². The highest BCUT2D eigenvalue weighted by Gasteiger charge is 2.29. The lowest BCUT2D eigenvalue weighted by molar-refractivity contribution is -0.129. The molecule has 1 N–H and O–H groups in total. The lowest BCUT2D eigenvalue weighted by atomic mass is 10.2. The summed E-state index contributed by atoms with van der Waals surface area (Å²) in [6.07, 6.45) is 1.96. The molecule has 0 saturated carbocycles. The van der Waals surface area contributed by atoms with E-state index < -0.39 is 15.9 Å². The Morgan fingerprint density at radius 3 is 2.53 bits per heavy atom. The highest BCUT2D eigenvalue weighted by molar-refractivity contribution is 8.00. The van der Waals surface area contributed by atoms with Gasteiger partial charge in [-0.3, -0.25) is 9.59 Å². The molecular weight excluding hydrogens is 468 g/mol. The van der Waals surface area contributed by atoms with Crippen LogP contribution in [0.5, 0.6) is 0 Å². The Morgan fingerprint density at radius 1 is 1.09 bits per heavy atom. The zero-order valence-corrected chi connectivity index (χ0v) is 20.0. The van der Waals surface area contributed by atoms with Crippen molar-refractivity contribution in [2.75, 3.05) is 37.8 Å². The first-order chi connectivity index (χ1) is 15.3. The molecule has 32 heavy (non-hydrogen) atoms. The van der Waals surface area contributed by atoms with Gasteiger partial charge in [0.1, 0.15) is 0 Å². The number of hydrogen-bond acceptors (Lipinski definition) is 7. The summed E-state index contributed by atoms with van der Waals surface area (Å²) < 4.78 is 29.4. The van der Waals surface area contributed by atoms with Crippen LogP contribution in [0.1, 0.15) is 17.3 Å². The van der Waals surface area contributed by atoms with E-state index >= 15 is 0 Å². The number of thioether (sulfide) groups is 1. The first kappa shape index (κ1) is 22.7. The molecule has 1 fully saturated rings. The number of aromatic nitrogens is 1. The van der Waals surface area contributed by atoms with Gasteiger partial charge in [0.2, 0.25) is 15.9 Å². The summed E-state index contributed by atoms with van der Waals surface area (Å²) in [5, 5.41) is 2.83. The van der Waals surface area contributed by atoms with Gasteiger partial charge in [-0.15, -0.1) is 11.3 Å². The SMILES string of the molecule is CSc1nc2ccc(NC(=O)c3cccc(S(=O)(=O)N4CCN(C(C)=O)CC4)c3)cc2s1. The van der Waals surface area contributed by atoms with Crippen LogP contribution in [-0.2, 0) is 14.8 Å². The van der Waals surface area contributed by atoms with Crippen LogP contribution in [-0.4, -0.2) is 66.9 Å². The van der Waals surface area contributed by atoms with Gasteiger partial charge >= 0.3 is 0 Å². The average molecular weight is 491 g/mol. The first-order valence-corrected chi connectivity index (χ1v) is 13.4. The van der Waals surface area contributed by atoms with Crippen molar-refractivity contribution in [3.8, 4) is 0 Å². The molecule has 0 bridgehead atoms. The third kappa shape index (κ3) is 4.65. The molecule has 2 heterocycles. The van der Waals surface area contributed by atoms with E-state index in [-0.39, 0.29) is 29.5 Å². The van der Waals surface area contributed by atoms with Crippen LogP contribution in [0.2, 0.25) is 0 Å². The highest BCUT2D eigenvalue weighted by atomic mass is 32.2. The van der Waals surface area contributed by atoms with Crippen LogP contribution in [0.15, 0.2) is 51.7 Å². The summed E-state index contributed by atoms with van der Waals surface area (Å²) in [6, 6.07) is 11.5. The maximum Gasteiger partial charge on any atom is 0.255 e. The molecule has 1 aliphatic rings. The van der Waals surface area contributed by atoms with E-state index in [1.807, 2.05) is 18.4 Å². The Labute approximate surface area is 194 Å². The summed E-state index contributed by atoms with van der Waals surface area (Å²) >= 11 is 3.12. The summed E-state index contributed by atoms with van der Waals surface area (Å²) in [5.41, 5.74) is 1.74. The van der Waals surface area contributed by atoms with Crippen molar-refractivity contribution in [1.29, 1.82) is 0 Å². The van der Waals surface area contributed by atoms with Gasteiger partial charge in [0.15, 0.2) is 4.34 Å². The summed E-state index contributed by atoms with van der Waals surface area (Å²) in [4.78, 5) is 30.5. The largest absolute Gasteiger partial charge is 0.340 e. The molecule has 2 amide bonds. The lowest BCUT2D eigenvalue weighted by Crippen LogP contribution is -2.49. The van der Waals surface area contributed by atoms with E-state index in [2.05, 4.69) is 10.3 Å². The summed E-state index contributed by atoms with van der Waals surface area (Å²) in [6.45, 7) is 2.64. The van der Waals surface area contributed by atoms with E-state index in [0.717, 1.165) is 14.6 Å². The molecule has 1 aliphatic heterocycles. The van der Waals surface area contributed by atoms with Crippen molar-refractivity contribution in [3.63, 3.8) is 0 Å². The Hall–Kier alpha value is -2.47. The van der Waals surface area contributed by atoms with Gasteiger partial charge in [-0.25, -0.2) is 13.4 Å². The molecule has 0 atom stereocenters. The normalized spacial score (nSPS) is 15.1. The van der Waals surface area contributed by atoms with E-state index in [9.17, 15) is 18.0 Å². The fourth-order valence-corrected chi connectivity index (χ4v) is 6.46. The zero-order valence-electron chi connectivity index (χ0n) is 17.6. The number of hydrogen-bond donors (Lipinski definition) is 1. The van der Waals surface area contributed by atoms with E-state index in [1.54, 1.807) is 46.2 Å². The molecule has 1 saturated heterocycles. The molecule has 168 valence electrons. The van der Waals surface area contributed by atoms with Crippen molar-refractivity contribution in [2.45, 2.75) is 16.2 Å². The molecule has 2 aromatic carbocycles. The second-order valence-corrected chi connectivity index (χ2v) is 11.3. The van der Waals surface area contributed by atoms with Crippen molar-refractivity contribution in [3.05, 3.63) is 48.0 Å². The lowest BCUT2D eigenvalue weighted by Gasteiger charge is -2.33. The number of carbonyl (C=O) groups is 2. The maximum absolute atomic E-state index is 13.1. The number of thiazole rings is 1. The molecule has 8 nitrogen and oxygen atoms in total. The number of sulfonamides is 1. The van der Waals surface area contributed by atoms with Gasteiger partial charge in [0.05, 0.1) is 15.1 Å². The van der Waals surface area contributed by atoms with Crippen LogP contribution in [0.4, 0.5) is 5.69 Å². The minimum atomic E-state index is -3.76. The minimum absolute atomic E-state index is 0.0592. The van der Waals surface area contributed by atoms with Crippen LogP contribution in [0.3, 0.4) is 0 Å². The fraction of sp³-hybridized carbons (Fsp3) is 0.286. The predicted octanol–water partition coefficient (Wildman–Crippen LogP) is 3.12. The Morgan fingerprint density at radius 2 is 1.84 bits per heavy atom. The molecule has 1 aromatic heterocycles. The van der Waals surface area contributed by atoms with Gasteiger partial charge in [0.25, 0.3) is 5.91 Å². The van der Waals surface area contributed by atoms with Crippen LogP contribution in [0, 0.1) is 0 Å². The number of amides is 2. The highest BCUT2D eigenvalue weighted by Crippen LogP contribution is 2.30. The van der Waals surface area contributed by atoms with Gasteiger partial charge in [-0.1, -0.05) is 17.8 Å². The number of nitrogens with zero attached hydrogens (tertiary/aromatic N) is 3. The van der Waals surface area contributed by atoms with Crippen molar-refractivity contribution < 1.29 is 18.0 Å². The van der Waals surface area contributed by atoms with Gasteiger partial charge in [-0.2, -0.15) is 4.31 Å². The molecule has 0 aliphatic carbocycles. The van der Waals surface area contributed by atoms with E-state index in [0.29, 0.717) is 18.8 Å². The molecule has 4 rings (SSSR count). The number of benzene rings is 2. The summed E-state index contributed by atoms with van der Waals surface area (Å²) in [5.74, 6) is -0.459. The monoisotopic (exact) mass is 490 g/mol.